The molecule has 2 aromatic rings. The summed E-state index contributed by atoms with van der Waals surface area (Å²) in [6.07, 6.45) is 7.75. The van der Waals surface area contributed by atoms with Crippen molar-refractivity contribution in [3.8, 4) is 0 Å². The lowest BCUT2D eigenvalue weighted by Crippen LogP contribution is -2.39. The summed E-state index contributed by atoms with van der Waals surface area (Å²) >= 11 is 0. The fourth-order valence-corrected chi connectivity index (χ4v) is 3.21. The Morgan fingerprint density at radius 3 is 2.84 bits per heavy atom. The van der Waals surface area contributed by atoms with Crippen molar-refractivity contribution in [3.63, 3.8) is 0 Å². The summed E-state index contributed by atoms with van der Waals surface area (Å²) in [6.45, 7) is 5.71. The topological polar surface area (TPSA) is 71.0 Å². The maximum atomic E-state index is 12.4. The Bertz CT molecular complexity index is 704. The average Bonchev–Trinajstić information content (AvgIpc) is 2.63. The number of amides is 1. The van der Waals surface area contributed by atoms with Gasteiger partial charge in [-0.15, -0.1) is 0 Å². The number of hydrogen-bond acceptors (Lipinski definition) is 5. The van der Waals surface area contributed by atoms with Crippen molar-refractivity contribution in [2.75, 3.05) is 18.4 Å². The van der Waals surface area contributed by atoms with Gasteiger partial charge in [0, 0.05) is 44.0 Å². The Hall–Kier alpha value is -2.50. The predicted octanol–water partition coefficient (Wildman–Crippen LogP) is 3.37. The number of likely N-dealkylation sites (tertiary alicyclic amines) is 1. The number of anilines is 2. The fraction of sp³-hybridized carbons (Fsp3) is 0.474. The van der Waals surface area contributed by atoms with Crippen LogP contribution in [0.25, 0.3) is 0 Å². The number of piperidine rings is 1. The van der Waals surface area contributed by atoms with Gasteiger partial charge in [0.1, 0.15) is 5.82 Å². The van der Waals surface area contributed by atoms with Gasteiger partial charge in [-0.2, -0.15) is 0 Å². The van der Waals surface area contributed by atoms with Crippen LogP contribution in [0.2, 0.25) is 0 Å². The van der Waals surface area contributed by atoms with Crippen LogP contribution in [0.15, 0.2) is 36.8 Å². The molecule has 3 heterocycles. The lowest BCUT2D eigenvalue weighted by Gasteiger charge is -2.33. The van der Waals surface area contributed by atoms with Crippen molar-refractivity contribution >= 4 is 17.5 Å². The molecular weight excluding hydrogens is 314 g/mol. The van der Waals surface area contributed by atoms with Crippen LogP contribution < -0.4 is 5.32 Å². The summed E-state index contributed by atoms with van der Waals surface area (Å²) in [5, 5.41) is 3.26. The van der Waals surface area contributed by atoms with E-state index in [-0.39, 0.29) is 11.8 Å². The van der Waals surface area contributed by atoms with Crippen LogP contribution in [0.5, 0.6) is 0 Å². The van der Waals surface area contributed by atoms with Crippen LogP contribution in [0.1, 0.15) is 44.7 Å². The second-order valence-electron chi connectivity index (χ2n) is 6.91. The zero-order valence-electron chi connectivity index (χ0n) is 14.9. The van der Waals surface area contributed by atoms with Crippen molar-refractivity contribution in [1.29, 1.82) is 0 Å². The van der Waals surface area contributed by atoms with Crippen LogP contribution in [0.4, 0.5) is 11.6 Å². The number of pyridine rings is 1. The molecule has 0 radical (unpaired) electrons. The van der Waals surface area contributed by atoms with Gasteiger partial charge in [-0.1, -0.05) is 19.9 Å². The zero-order chi connectivity index (χ0) is 17.6. The average molecular weight is 339 g/mol. The largest absolute Gasteiger partial charge is 0.342 e. The third-order valence-corrected chi connectivity index (χ3v) is 4.38. The Kier molecular flexibility index (Phi) is 5.58. The van der Waals surface area contributed by atoms with E-state index in [1.165, 1.54) is 0 Å². The second kappa shape index (κ2) is 8.05. The van der Waals surface area contributed by atoms with Crippen molar-refractivity contribution in [2.45, 2.75) is 39.0 Å². The van der Waals surface area contributed by atoms with Gasteiger partial charge in [-0.05, 0) is 30.9 Å². The summed E-state index contributed by atoms with van der Waals surface area (Å²) in [7, 11) is 0. The Balaban J connectivity index is 1.76. The zero-order valence-corrected chi connectivity index (χ0v) is 14.9. The van der Waals surface area contributed by atoms with Crippen LogP contribution in [-0.4, -0.2) is 38.8 Å². The van der Waals surface area contributed by atoms with Crippen molar-refractivity contribution < 1.29 is 4.79 Å². The predicted molar refractivity (Wildman–Crippen MR) is 97.6 cm³/mol. The van der Waals surface area contributed by atoms with Crippen LogP contribution >= 0.6 is 0 Å². The van der Waals surface area contributed by atoms with Gasteiger partial charge in [0.05, 0.1) is 5.69 Å². The Labute approximate surface area is 148 Å². The molecule has 0 unspecified atom stereocenters. The van der Waals surface area contributed by atoms with E-state index in [2.05, 4.69) is 34.1 Å². The van der Waals surface area contributed by atoms with Gasteiger partial charge in [0.2, 0.25) is 5.91 Å². The van der Waals surface area contributed by atoms with Gasteiger partial charge in [0.25, 0.3) is 0 Å². The maximum absolute atomic E-state index is 12.4. The van der Waals surface area contributed by atoms with Crippen molar-refractivity contribution in [2.24, 2.45) is 5.92 Å². The number of nitrogens with one attached hydrogen (secondary N) is 1. The molecule has 1 amide bonds. The normalized spacial score (nSPS) is 17.6. The van der Waals surface area contributed by atoms with Gasteiger partial charge >= 0.3 is 0 Å². The minimum atomic E-state index is 0.199. The number of nitrogens with zero attached hydrogens (tertiary/aromatic N) is 4. The minimum Gasteiger partial charge on any atom is -0.342 e. The van der Waals surface area contributed by atoms with Gasteiger partial charge in [-0.25, -0.2) is 9.97 Å². The molecule has 1 aliphatic rings. The molecule has 2 aromatic heterocycles. The molecular formula is C19H25N5O. The summed E-state index contributed by atoms with van der Waals surface area (Å²) < 4.78 is 0. The second-order valence-corrected chi connectivity index (χ2v) is 6.91. The smallest absolute Gasteiger partial charge is 0.222 e. The molecule has 6 nitrogen and oxygen atoms in total. The molecule has 0 bridgehead atoms. The lowest BCUT2D eigenvalue weighted by molar-refractivity contribution is -0.133. The highest BCUT2D eigenvalue weighted by molar-refractivity contribution is 5.76. The highest BCUT2D eigenvalue weighted by atomic mass is 16.2. The maximum Gasteiger partial charge on any atom is 0.222 e. The molecule has 6 heteroatoms. The molecule has 3 rings (SSSR count). The highest BCUT2D eigenvalue weighted by Gasteiger charge is 2.27. The molecule has 1 aliphatic heterocycles. The third kappa shape index (κ3) is 4.53. The van der Waals surface area contributed by atoms with E-state index in [1.807, 2.05) is 23.1 Å². The molecule has 1 atom stereocenters. The summed E-state index contributed by atoms with van der Waals surface area (Å²) in [5.41, 5.74) is 0.912. The molecule has 1 N–H and O–H groups in total. The van der Waals surface area contributed by atoms with Crippen molar-refractivity contribution in [1.82, 2.24) is 19.9 Å². The molecule has 0 spiro atoms. The van der Waals surface area contributed by atoms with Crippen molar-refractivity contribution in [3.05, 3.63) is 42.5 Å². The lowest BCUT2D eigenvalue weighted by atomic mass is 9.93. The molecule has 1 saturated heterocycles. The highest BCUT2D eigenvalue weighted by Crippen LogP contribution is 2.30. The number of carbonyl (C=O) groups is 1. The Morgan fingerprint density at radius 1 is 1.24 bits per heavy atom. The first-order valence-electron chi connectivity index (χ1n) is 8.90. The summed E-state index contributed by atoms with van der Waals surface area (Å²) in [5.74, 6) is 2.29. The fourth-order valence-electron chi connectivity index (χ4n) is 3.21. The quantitative estimate of drug-likeness (QED) is 0.904. The number of carbonyl (C=O) groups excluding carboxylic acids is 1. The molecule has 1 fully saturated rings. The van der Waals surface area contributed by atoms with Gasteiger partial charge in [-0.3, -0.25) is 9.78 Å². The van der Waals surface area contributed by atoms with Crippen LogP contribution in [0, 0.1) is 5.92 Å². The number of rotatable bonds is 5. The van der Waals surface area contributed by atoms with Gasteiger partial charge < -0.3 is 10.2 Å². The van der Waals surface area contributed by atoms with E-state index in [0.717, 1.165) is 36.7 Å². The Morgan fingerprint density at radius 2 is 2.08 bits per heavy atom. The van der Waals surface area contributed by atoms with E-state index in [4.69, 9.17) is 0 Å². The van der Waals surface area contributed by atoms with Crippen LogP contribution in [-0.2, 0) is 4.79 Å². The van der Waals surface area contributed by atoms with Gasteiger partial charge in [0.15, 0.2) is 5.82 Å². The summed E-state index contributed by atoms with van der Waals surface area (Å²) in [4.78, 5) is 27.7. The first-order chi connectivity index (χ1) is 12.1. The summed E-state index contributed by atoms with van der Waals surface area (Å²) in [6, 6.07) is 5.71. The monoisotopic (exact) mass is 339 g/mol. The molecule has 0 aliphatic carbocycles. The van der Waals surface area contributed by atoms with E-state index in [1.54, 1.807) is 18.6 Å². The molecule has 25 heavy (non-hydrogen) atoms. The molecule has 0 saturated carbocycles. The number of aromatic nitrogens is 3. The van der Waals surface area contributed by atoms with E-state index in [0.29, 0.717) is 18.9 Å². The third-order valence-electron chi connectivity index (χ3n) is 4.38. The SMILES string of the molecule is CC(C)CC(=O)N1CCC[C@H](c2nccnc2Nc2ccccn2)C1. The minimum absolute atomic E-state index is 0.199. The molecule has 0 aromatic carbocycles. The van der Waals surface area contributed by atoms with Crippen LogP contribution in [0.3, 0.4) is 0 Å². The first-order valence-corrected chi connectivity index (χ1v) is 8.90. The first kappa shape index (κ1) is 17.3. The molecule has 132 valence electrons. The van der Waals surface area contributed by atoms with E-state index >= 15 is 0 Å². The number of hydrogen-bond donors (Lipinski definition) is 1. The van der Waals surface area contributed by atoms with E-state index < -0.39 is 0 Å². The standard InChI is InChI=1S/C19H25N5O/c1-14(2)12-17(25)24-11-5-6-15(13-24)18-19(22-10-9-21-18)23-16-7-3-4-8-20-16/h3-4,7-10,14-15H,5-6,11-13H2,1-2H3,(H,20,22,23)/t15-/m0/s1. The van der Waals surface area contributed by atoms with E-state index in [9.17, 15) is 4.79 Å².